The van der Waals surface area contributed by atoms with E-state index in [1.807, 2.05) is 84.9 Å². The summed E-state index contributed by atoms with van der Waals surface area (Å²) in [4.78, 5) is 1.75. The highest BCUT2D eigenvalue weighted by molar-refractivity contribution is 9.10. The Kier molecular flexibility index (Phi) is 7.06. The predicted molar refractivity (Wildman–Crippen MR) is 173 cm³/mol. The Balaban J connectivity index is 1.44. The summed E-state index contributed by atoms with van der Waals surface area (Å²) in [5.41, 5.74) is 5.93. The van der Waals surface area contributed by atoms with Gasteiger partial charge in [-0.2, -0.15) is 0 Å². The van der Waals surface area contributed by atoms with Crippen LogP contribution >= 0.6 is 31.9 Å². The van der Waals surface area contributed by atoms with Gasteiger partial charge in [-0.3, -0.25) is 0 Å². The summed E-state index contributed by atoms with van der Waals surface area (Å²) in [6.07, 6.45) is 0. The van der Waals surface area contributed by atoms with E-state index in [1.165, 1.54) is 5.56 Å². The summed E-state index contributed by atoms with van der Waals surface area (Å²) in [6.45, 7) is 0. The number of rotatable bonds is 7. The van der Waals surface area contributed by atoms with E-state index in [9.17, 15) is 0 Å². The number of furan rings is 1. The fraction of sp³-hybridized carbons (Fsp3) is 0.0571. The highest BCUT2D eigenvalue weighted by atomic mass is 79.9. The average Bonchev–Trinajstić information content (AvgIpc) is 3.68. The van der Waals surface area contributed by atoms with Crippen molar-refractivity contribution in [1.82, 2.24) is 20.2 Å². The molecule has 204 valence electrons. The molecule has 0 N–H and O–H groups in total. The van der Waals surface area contributed by atoms with Crippen LogP contribution in [0.5, 0.6) is 0 Å². The molecule has 0 aliphatic rings. The minimum Gasteiger partial charge on any atom is -0.455 e. The van der Waals surface area contributed by atoms with Crippen LogP contribution in [0.15, 0.2) is 142 Å². The lowest BCUT2D eigenvalue weighted by Crippen LogP contribution is -2.39. The number of hydrogen-bond acceptors (Lipinski definition) is 4. The van der Waals surface area contributed by atoms with Crippen molar-refractivity contribution in [2.24, 2.45) is 0 Å². The number of hydrogen-bond donors (Lipinski definition) is 0. The maximum atomic E-state index is 6.38. The van der Waals surface area contributed by atoms with Crippen LogP contribution in [0.4, 0.5) is 0 Å². The molecule has 0 amide bonds. The largest absolute Gasteiger partial charge is 0.455 e. The third-order valence-electron chi connectivity index (χ3n) is 7.55. The Labute approximate surface area is 260 Å². The third kappa shape index (κ3) is 4.40. The fourth-order valence-electron chi connectivity index (χ4n) is 5.60. The van der Waals surface area contributed by atoms with E-state index >= 15 is 0 Å². The molecule has 0 saturated heterocycles. The van der Waals surface area contributed by atoms with Crippen molar-refractivity contribution < 1.29 is 4.42 Å². The molecule has 0 spiro atoms. The first-order chi connectivity index (χ1) is 20.7. The zero-order valence-corrected chi connectivity index (χ0v) is 25.5. The van der Waals surface area contributed by atoms with Crippen molar-refractivity contribution in [2.45, 2.75) is 10.9 Å². The molecular formula is C35H24Br2N4O. The van der Waals surface area contributed by atoms with E-state index in [4.69, 9.17) is 14.7 Å². The second-order valence-corrected chi connectivity index (χ2v) is 11.3. The van der Waals surface area contributed by atoms with Gasteiger partial charge in [0.05, 0.1) is 4.47 Å². The summed E-state index contributed by atoms with van der Waals surface area (Å²) < 4.78 is 7.28. The van der Waals surface area contributed by atoms with Crippen molar-refractivity contribution in [1.29, 1.82) is 0 Å². The molecule has 0 unspecified atom stereocenters. The second-order valence-electron chi connectivity index (χ2n) is 9.97. The van der Waals surface area contributed by atoms with E-state index in [2.05, 4.69) is 85.5 Å². The number of halogens is 2. The molecule has 7 aromatic rings. The first kappa shape index (κ1) is 26.6. The van der Waals surface area contributed by atoms with Crippen molar-refractivity contribution in [3.63, 3.8) is 0 Å². The lowest BCUT2D eigenvalue weighted by Gasteiger charge is -2.34. The van der Waals surface area contributed by atoms with Crippen LogP contribution in [-0.2, 0) is 10.9 Å². The smallest absolute Gasteiger partial charge is 0.205 e. The first-order valence-corrected chi connectivity index (χ1v) is 15.5. The summed E-state index contributed by atoms with van der Waals surface area (Å²) in [7, 11) is 0. The summed E-state index contributed by atoms with van der Waals surface area (Å²) >= 11 is 7.38. The summed E-state index contributed by atoms with van der Waals surface area (Å²) in [5.74, 6) is 1.23. The number of fused-ring (bicyclic) bond motifs is 1. The van der Waals surface area contributed by atoms with Gasteiger partial charge in [0.2, 0.25) is 5.82 Å². The van der Waals surface area contributed by atoms with Crippen molar-refractivity contribution >= 4 is 42.8 Å². The zero-order chi connectivity index (χ0) is 28.5. The van der Waals surface area contributed by atoms with Gasteiger partial charge in [0, 0.05) is 21.8 Å². The minimum atomic E-state index is -0.851. The first-order valence-electron chi connectivity index (χ1n) is 13.5. The number of alkyl halides is 1. The maximum absolute atomic E-state index is 6.38. The molecule has 0 saturated carbocycles. The van der Waals surface area contributed by atoms with E-state index < -0.39 is 5.54 Å². The SMILES string of the molecule is BrCc1ccc2oc(-c3ccccc3-c3nnn(C(c4ccccc4)(c4ccccc4)c4ccccc4)n3)c(Br)c2c1. The van der Waals surface area contributed by atoms with Crippen LogP contribution < -0.4 is 0 Å². The molecule has 0 atom stereocenters. The molecular weight excluding hydrogens is 652 g/mol. The zero-order valence-electron chi connectivity index (χ0n) is 22.4. The highest BCUT2D eigenvalue weighted by Crippen LogP contribution is 2.43. The van der Waals surface area contributed by atoms with E-state index in [1.54, 1.807) is 4.80 Å². The van der Waals surface area contributed by atoms with E-state index in [0.29, 0.717) is 5.82 Å². The Hall–Kier alpha value is -4.33. The lowest BCUT2D eigenvalue weighted by molar-refractivity contribution is 0.396. The van der Waals surface area contributed by atoms with E-state index in [0.717, 1.165) is 54.3 Å². The van der Waals surface area contributed by atoms with Crippen LogP contribution in [0, 0.1) is 0 Å². The Morgan fingerprint density at radius 3 is 1.79 bits per heavy atom. The monoisotopic (exact) mass is 674 g/mol. The molecule has 0 fully saturated rings. The Morgan fingerprint density at radius 2 is 1.21 bits per heavy atom. The molecule has 5 nitrogen and oxygen atoms in total. The number of nitrogens with zero attached hydrogens (tertiary/aromatic N) is 4. The molecule has 7 heteroatoms. The van der Waals surface area contributed by atoms with Crippen molar-refractivity contribution in [3.05, 3.63) is 160 Å². The minimum absolute atomic E-state index is 0.506. The molecule has 2 aromatic heterocycles. The Morgan fingerprint density at radius 1 is 0.667 bits per heavy atom. The Bertz CT molecular complexity index is 1890. The normalized spacial score (nSPS) is 11.7. The molecule has 0 aliphatic heterocycles. The van der Waals surface area contributed by atoms with Crippen LogP contribution in [-0.4, -0.2) is 20.2 Å². The van der Waals surface area contributed by atoms with Gasteiger partial charge in [-0.15, -0.1) is 15.0 Å². The topological polar surface area (TPSA) is 56.7 Å². The molecule has 0 aliphatic carbocycles. The summed E-state index contributed by atoms with van der Waals surface area (Å²) in [5, 5.41) is 16.3. The number of benzene rings is 5. The molecule has 2 heterocycles. The van der Waals surface area contributed by atoms with Gasteiger partial charge < -0.3 is 4.42 Å². The van der Waals surface area contributed by atoms with Gasteiger partial charge in [0.15, 0.2) is 5.54 Å². The van der Waals surface area contributed by atoms with Crippen LogP contribution in [0.3, 0.4) is 0 Å². The average molecular weight is 676 g/mol. The van der Waals surface area contributed by atoms with Gasteiger partial charge in [0.1, 0.15) is 11.3 Å². The molecule has 7 rings (SSSR count). The maximum Gasteiger partial charge on any atom is 0.205 e. The fourth-order valence-corrected chi connectivity index (χ4v) is 6.55. The van der Waals surface area contributed by atoms with Gasteiger partial charge in [-0.05, 0) is 55.5 Å². The van der Waals surface area contributed by atoms with Gasteiger partial charge >= 0.3 is 0 Å². The lowest BCUT2D eigenvalue weighted by atomic mass is 9.77. The van der Waals surface area contributed by atoms with Crippen LogP contribution in [0.2, 0.25) is 0 Å². The van der Waals surface area contributed by atoms with Gasteiger partial charge in [-0.1, -0.05) is 137 Å². The van der Waals surface area contributed by atoms with Gasteiger partial charge in [-0.25, -0.2) is 0 Å². The quantitative estimate of drug-likeness (QED) is 0.125. The third-order valence-corrected chi connectivity index (χ3v) is 8.98. The molecule has 0 radical (unpaired) electrons. The van der Waals surface area contributed by atoms with Crippen molar-refractivity contribution in [3.8, 4) is 22.7 Å². The van der Waals surface area contributed by atoms with Crippen LogP contribution in [0.25, 0.3) is 33.7 Å². The summed E-state index contributed by atoms with van der Waals surface area (Å²) in [6, 6.07) is 45.2. The second kappa shape index (κ2) is 11.2. The highest BCUT2D eigenvalue weighted by Gasteiger charge is 2.41. The van der Waals surface area contributed by atoms with E-state index in [-0.39, 0.29) is 0 Å². The van der Waals surface area contributed by atoms with Crippen molar-refractivity contribution in [2.75, 3.05) is 0 Å². The number of aromatic nitrogens is 4. The molecule has 42 heavy (non-hydrogen) atoms. The number of tetrazole rings is 1. The van der Waals surface area contributed by atoms with Crippen LogP contribution in [0.1, 0.15) is 22.3 Å². The molecule has 5 aromatic carbocycles. The molecule has 0 bridgehead atoms. The predicted octanol–water partition coefficient (Wildman–Crippen LogP) is 9.25. The standard InChI is InChI=1S/C35H24Br2N4O/c36-23-24-20-21-31-30(22-24)32(37)33(42-31)28-18-10-11-19-29(28)34-38-40-41(39-34)35(25-12-4-1-5-13-25,26-14-6-2-7-15-26)27-16-8-3-9-17-27/h1-22H,23H2. The van der Waals surface area contributed by atoms with Gasteiger partial charge in [0.25, 0.3) is 0 Å².